The Morgan fingerprint density at radius 2 is 2.28 bits per heavy atom. The molecule has 5 nitrogen and oxygen atoms in total. The molecule has 90 valence electrons. The van der Waals surface area contributed by atoms with Gasteiger partial charge >= 0.3 is 5.63 Å². The van der Waals surface area contributed by atoms with Crippen molar-refractivity contribution >= 4 is 33.4 Å². The molecule has 0 unspecified atom stereocenters. The van der Waals surface area contributed by atoms with Gasteiger partial charge in [-0.15, -0.1) is 0 Å². The third kappa shape index (κ3) is 1.70. The second-order valence-electron chi connectivity index (χ2n) is 3.60. The van der Waals surface area contributed by atoms with E-state index in [1.54, 1.807) is 25.3 Å². The minimum atomic E-state index is -0.457. The lowest BCUT2D eigenvalue weighted by molar-refractivity contribution is 0.518. The summed E-state index contributed by atoms with van der Waals surface area (Å²) in [6.07, 6.45) is 1.55. The number of hydrogen-bond acceptors (Lipinski definition) is 6. The molecule has 0 aliphatic rings. The Morgan fingerprint density at radius 3 is 3.06 bits per heavy atom. The van der Waals surface area contributed by atoms with Gasteiger partial charge in [-0.2, -0.15) is 9.36 Å². The monoisotopic (exact) mass is 279 g/mol. The lowest BCUT2D eigenvalue weighted by Crippen LogP contribution is -2.02. The van der Waals surface area contributed by atoms with Crippen molar-refractivity contribution < 1.29 is 4.42 Å². The van der Waals surface area contributed by atoms with Crippen molar-refractivity contribution in [3.63, 3.8) is 0 Å². The Bertz CT molecular complexity index is 796. The van der Waals surface area contributed by atoms with Crippen molar-refractivity contribution in [1.29, 1.82) is 0 Å². The van der Waals surface area contributed by atoms with Crippen LogP contribution in [0, 0.1) is 6.92 Å². The van der Waals surface area contributed by atoms with Gasteiger partial charge in [0.1, 0.15) is 10.5 Å². The maximum absolute atomic E-state index is 11.9. The maximum atomic E-state index is 11.9. The summed E-state index contributed by atoms with van der Waals surface area (Å²) in [5.74, 6) is 0.161. The first-order chi connectivity index (χ1) is 8.66. The average molecular weight is 280 g/mol. The van der Waals surface area contributed by atoms with Crippen molar-refractivity contribution in [2.75, 3.05) is 0 Å². The van der Waals surface area contributed by atoms with Crippen LogP contribution in [0.15, 0.2) is 27.5 Å². The molecule has 0 aromatic carbocycles. The van der Waals surface area contributed by atoms with E-state index in [1.807, 2.05) is 0 Å². The minimum Gasteiger partial charge on any atom is -0.403 e. The Morgan fingerprint density at radius 1 is 1.44 bits per heavy atom. The summed E-state index contributed by atoms with van der Waals surface area (Å²) in [4.78, 5) is 20.6. The van der Waals surface area contributed by atoms with Gasteiger partial charge in [-0.25, -0.2) is 9.78 Å². The normalized spacial score (nSPS) is 11.0. The SMILES string of the molecule is Cc1nsc2nc(-c3cccnc3Cl)oc(=O)c12. The molecule has 0 saturated carbocycles. The fraction of sp³-hybridized carbons (Fsp3) is 0.0909. The van der Waals surface area contributed by atoms with E-state index in [-0.39, 0.29) is 11.0 Å². The Hall–Kier alpha value is -1.79. The fourth-order valence-corrected chi connectivity index (χ4v) is 2.54. The highest BCUT2D eigenvalue weighted by molar-refractivity contribution is 7.12. The van der Waals surface area contributed by atoms with Gasteiger partial charge in [0.15, 0.2) is 4.83 Å². The van der Waals surface area contributed by atoms with Crippen LogP contribution >= 0.6 is 23.1 Å². The van der Waals surface area contributed by atoms with Gasteiger partial charge in [0.25, 0.3) is 0 Å². The van der Waals surface area contributed by atoms with Crippen LogP contribution in [0.25, 0.3) is 21.7 Å². The third-order valence-electron chi connectivity index (χ3n) is 2.43. The van der Waals surface area contributed by atoms with E-state index in [1.165, 1.54) is 0 Å². The van der Waals surface area contributed by atoms with Gasteiger partial charge in [0, 0.05) is 6.20 Å². The Kier molecular flexibility index (Phi) is 2.61. The molecule has 0 atom stereocenters. The zero-order chi connectivity index (χ0) is 12.7. The van der Waals surface area contributed by atoms with Crippen LogP contribution in [0.2, 0.25) is 5.15 Å². The number of nitrogens with zero attached hydrogens (tertiary/aromatic N) is 3. The quantitative estimate of drug-likeness (QED) is 0.641. The third-order valence-corrected chi connectivity index (χ3v) is 3.57. The van der Waals surface area contributed by atoms with Crippen LogP contribution in [0.1, 0.15) is 5.69 Å². The molecule has 0 spiro atoms. The number of rotatable bonds is 1. The van der Waals surface area contributed by atoms with Crippen LogP contribution in [0.5, 0.6) is 0 Å². The highest BCUT2D eigenvalue weighted by Crippen LogP contribution is 2.26. The zero-order valence-electron chi connectivity index (χ0n) is 9.18. The van der Waals surface area contributed by atoms with E-state index < -0.39 is 5.63 Å². The van der Waals surface area contributed by atoms with Crippen molar-refractivity contribution in [2.45, 2.75) is 6.92 Å². The standard InChI is InChI=1S/C11H6ClN3O2S/c1-5-7-10(18-15-5)14-9(17-11(7)16)6-3-2-4-13-8(6)12/h2-4H,1H3. The number of aryl methyl sites for hydroxylation is 1. The van der Waals surface area contributed by atoms with Gasteiger partial charge in [0.05, 0.1) is 11.3 Å². The first kappa shape index (κ1) is 11.3. The zero-order valence-corrected chi connectivity index (χ0v) is 10.7. The van der Waals surface area contributed by atoms with E-state index in [9.17, 15) is 4.79 Å². The summed E-state index contributed by atoms with van der Waals surface area (Å²) in [5.41, 5.74) is 0.658. The summed E-state index contributed by atoms with van der Waals surface area (Å²) in [6.45, 7) is 1.74. The summed E-state index contributed by atoms with van der Waals surface area (Å²) < 4.78 is 9.26. The topological polar surface area (TPSA) is 68.9 Å². The number of fused-ring (bicyclic) bond motifs is 1. The largest absolute Gasteiger partial charge is 0.403 e. The van der Waals surface area contributed by atoms with E-state index in [0.29, 0.717) is 21.5 Å². The van der Waals surface area contributed by atoms with Crippen LogP contribution in [0.3, 0.4) is 0 Å². The lowest BCUT2D eigenvalue weighted by Gasteiger charge is -2.00. The van der Waals surface area contributed by atoms with Gasteiger partial charge in [-0.3, -0.25) is 0 Å². The van der Waals surface area contributed by atoms with E-state index >= 15 is 0 Å². The molecule has 7 heteroatoms. The molecular weight excluding hydrogens is 274 g/mol. The van der Waals surface area contributed by atoms with E-state index in [2.05, 4.69) is 14.3 Å². The molecule has 0 N–H and O–H groups in total. The summed E-state index contributed by atoms with van der Waals surface area (Å²) in [5, 5.41) is 0.664. The smallest absolute Gasteiger partial charge is 0.349 e. The highest BCUT2D eigenvalue weighted by atomic mass is 35.5. The predicted octanol–water partition coefficient (Wildman–Crippen LogP) is 2.67. The molecule has 3 heterocycles. The molecule has 0 amide bonds. The molecular formula is C11H6ClN3O2S. The second-order valence-corrected chi connectivity index (χ2v) is 4.71. The Balaban J connectivity index is 2.32. The van der Waals surface area contributed by atoms with Crippen LogP contribution in [-0.2, 0) is 0 Å². The lowest BCUT2D eigenvalue weighted by atomic mass is 10.3. The van der Waals surface area contributed by atoms with Crippen LogP contribution in [-0.4, -0.2) is 14.3 Å². The van der Waals surface area contributed by atoms with Crippen molar-refractivity contribution in [1.82, 2.24) is 14.3 Å². The molecule has 18 heavy (non-hydrogen) atoms. The highest BCUT2D eigenvalue weighted by Gasteiger charge is 2.15. The van der Waals surface area contributed by atoms with Gasteiger partial charge in [-0.05, 0) is 30.6 Å². The predicted molar refractivity (Wildman–Crippen MR) is 68.9 cm³/mol. The van der Waals surface area contributed by atoms with E-state index in [0.717, 1.165) is 11.5 Å². The summed E-state index contributed by atoms with van der Waals surface area (Å²) in [7, 11) is 0. The number of hydrogen-bond donors (Lipinski definition) is 0. The van der Waals surface area contributed by atoms with Crippen LogP contribution in [0.4, 0.5) is 0 Å². The maximum Gasteiger partial charge on any atom is 0.349 e. The number of pyridine rings is 1. The fourth-order valence-electron chi connectivity index (χ4n) is 1.58. The van der Waals surface area contributed by atoms with Crippen molar-refractivity contribution in [3.05, 3.63) is 39.6 Å². The molecule has 0 bridgehead atoms. The number of halogens is 1. The molecule has 3 aromatic heterocycles. The first-order valence-electron chi connectivity index (χ1n) is 5.05. The minimum absolute atomic E-state index is 0.161. The van der Waals surface area contributed by atoms with Crippen LogP contribution < -0.4 is 5.63 Å². The molecule has 3 rings (SSSR count). The Labute approximate surface area is 110 Å². The molecule has 0 saturated heterocycles. The van der Waals surface area contributed by atoms with E-state index in [4.69, 9.17) is 16.0 Å². The van der Waals surface area contributed by atoms with Crippen molar-refractivity contribution in [2.24, 2.45) is 0 Å². The van der Waals surface area contributed by atoms with Gasteiger partial charge < -0.3 is 4.42 Å². The van der Waals surface area contributed by atoms with Crippen molar-refractivity contribution in [3.8, 4) is 11.5 Å². The molecule has 0 fully saturated rings. The molecule has 0 aliphatic heterocycles. The van der Waals surface area contributed by atoms with Gasteiger partial charge in [-0.1, -0.05) is 11.6 Å². The molecule has 0 aliphatic carbocycles. The first-order valence-corrected chi connectivity index (χ1v) is 6.20. The summed E-state index contributed by atoms with van der Waals surface area (Å²) >= 11 is 7.10. The van der Waals surface area contributed by atoms with Gasteiger partial charge in [0.2, 0.25) is 5.89 Å². The number of aromatic nitrogens is 3. The summed E-state index contributed by atoms with van der Waals surface area (Å²) in [6, 6.07) is 3.39. The average Bonchev–Trinajstić information content (AvgIpc) is 2.72. The second kappa shape index (κ2) is 4.15. The molecule has 3 aromatic rings. The molecule has 0 radical (unpaired) electrons.